The number of hydrogen-bond donors (Lipinski definition) is 1. The molecule has 0 saturated heterocycles. The average Bonchev–Trinajstić information content (AvgIpc) is 2.82. The van der Waals surface area contributed by atoms with E-state index in [1.807, 2.05) is 0 Å². The molecule has 0 radical (unpaired) electrons. The van der Waals surface area contributed by atoms with Crippen molar-refractivity contribution < 1.29 is 28.7 Å². The Labute approximate surface area is 151 Å². The lowest BCUT2D eigenvalue weighted by atomic mass is 10.1. The van der Waals surface area contributed by atoms with Crippen LogP contribution in [0.3, 0.4) is 0 Å². The van der Waals surface area contributed by atoms with Gasteiger partial charge in [-0.1, -0.05) is 15.9 Å². The van der Waals surface area contributed by atoms with Crippen LogP contribution in [-0.2, 0) is 19.1 Å². The Morgan fingerprint density at radius 1 is 1.12 bits per heavy atom. The van der Waals surface area contributed by atoms with Crippen molar-refractivity contribution in [2.75, 3.05) is 20.2 Å². The second-order valence-corrected chi connectivity index (χ2v) is 6.19. The summed E-state index contributed by atoms with van der Waals surface area (Å²) in [6.07, 6.45) is -0.132. The van der Waals surface area contributed by atoms with E-state index in [4.69, 9.17) is 0 Å². The number of carbonyl (C=O) groups excluding carboxylic acids is 5. The molecule has 0 bridgehead atoms. The highest BCUT2D eigenvalue weighted by atomic mass is 79.9. The topological polar surface area (TPSA) is 110 Å². The number of imide groups is 1. The number of methoxy groups -OCH3 is 1. The fourth-order valence-electron chi connectivity index (χ4n) is 2.24. The Bertz CT molecular complexity index is 761. The zero-order valence-corrected chi connectivity index (χ0v) is 14.9. The Morgan fingerprint density at radius 3 is 2.48 bits per heavy atom. The van der Waals surface area contributed by atoms with Crippen LogP contribution in [0.15, 0.2) is 22.7 Å². The van der Waals surface area contributed by atoms with E-state index in [1.54, 1.807) is 6.07 Å². The molecule has 0 unspecified atom stereocenters. The molecule has 2 rings (SSSR count). The summed E-state index contributed by atoms with van der Waals surface area (Å²) in [6.45, 7) is -0.765. The minimum atomic E-state index is -0.639. The summed E-state index contributed by atoms with van der Waals surface area (Å²) in [7, 11) is 1.22. The third-order valence-electron chi connectivity index (χ3n) is 3.55. The fraction of sp³-hybridized carbons (Fsp3) is 0.312. The van der Waals surface area contributed by atoms with Crippen molar-refractivity contribution in [3.63, 3.8) is 0 Å². The van der Waals surface area contributed by atoms with Gasteiger partial charge < -0.3 is 10.1 Å². The molecule has 1 aromatic rings. The minimum Gasteiger partial charge on any atom is -0.469 e. The van der Waals surface area contributed by atoms with Gasteiger partial charge in [-0.2, -0.15) is 0 Å². The molecule has 0 spiro atoms. The number of ether oxygens (including phenoxy) is 1. The molecule has 1 N–H and O–H groups in total. The van der Waals surface area contributed by atoms with Gasteiger partial charge in [0.05, 0.1) is 31.2 Å². The van der Waals surface area contributed by atoms with Gasteiger partial charge in [-0.15, -0.1) is 0 Å². The SMILES string of the molecule is COC(=O)CCC(=O)CNC(=O)CN1C(=O)c2ccc(Br)cc2C1=O. The predicted octanol–water partition coefficient (Wildman–Crippen LogP) is 0.684. The van der Waals surface area contributed by atoms with Gasteiger partial charge in [0.1, 0.15) is 6.54 Å². The molecule has 1 heterocycles. The van der Waals surface area contributed by atoms with Gasteiger partial charge in [0.15, 0.2) is 5.78 Å². The summed E-state index contributed by atoms with van der Waals surface area (Å²) in [4.78, 5) is 59.7. The van der Waals surface area contributed by atoms with E-state index in [9.17, 15) is 24.0 Å². The van der Waals surface area contributed by atoms with Crippen molar-refractivity contribution in [2.24, 2.45) is 0 Å². The number of carbonyl (C=O) groups is 5. The number of hydrogen-bond acceptors (Lipinski definition) is 6. The van der Waals surface area contributed by atoms with Crippen LogP contribution in [0, 0.1) is 0 Å². The zero-order valence-electron chi connectivity index (χ0n) is 13.3. The number of nitrogens with zero attached hydrogens (tertiary/aromatic N) is 1. The van der Waals surface area contributed by atoms with Crippen LogP contribution in [0.25, 0.3) is 0 Å². The third kappa shape index (κ3) is 4.50. The van der Waals surface area contributed by atoms with Crippen LogP contribution < -0.4 is 5.32 Å². The number of esters is 1. The van der Waals surface area contributed by atoms with Crippen LogP contribution >= 0.6 is 15.9 Å². The summed E-state index contributed by atoms with van der Waals surface area (Å²) < 4.78 is 5.06. The monoisotopic (exact) mass is 410 g/mol. The van der Waals surface area contributed by atoms with E-state index in [0.29, 0.717) is 4.47 Å². The maximum absolute atomic E-state index is 12.2. The van der Waals surface area contributed by atoms with Crippen molar-refractivity contribution >= 4 is 45.4 Å². The maximum atomic E-state index is 12.2. The lowest BCUT2D eigenvalue weighted by molar-refractivity contribution is -0.141. The van der Waals surface area contributed by atoms with Gasteiger partial charge in [0.2, 0.25) is 5.91 Å². The first-order valence-corrected chi connectivity index (χ1v) is 8.13. The van der Waals surface area contributed by atoms with Crippen LogP contribution in [-0.4, -0.2) is 54.6 Å². The number of nitrogens with one attached hydrogen (secondary N) is 1. The molecular weight excluding hydrogens is 396 g/mol. The molecule has 132 valence electrons. The normalized spacial score (nSPS) is 12.8. The van der Waals surface area contributed by atoms with Crippen LogP contribution in [0.4, 0.5) is 0 Å². The molecule has 1 aliphatic rings. The molecule has 3 amide bonds. The number of Topliss-reactive ketones (excluding diaryl/α,β-unsaturated/α-hetero) is 1. The second kappa shape index (κ2) is 8.02. The summed E-state index contributed by atoms with van der Waals surface area (Å²) in [5, 5.41) is 2.33. The Hall–Kier alpha value is -2.55. The lowest BCUT2D eigenvalue weighted by Gasteiger charge is -2.13. The van der Waals surface area contributed by atoms with Crippen molar-refractivity contribution in [1.29, 1.82) is 0 Å². The summed E-state index contributed by atoms with van der Waals surface area (Å²) in [5.74, 6) is -2.63. The van der Waals surface area contributed by atoms with E-state index in [-0.39, 0.29) is 36.3 Å². The number of amides is 3. The minimum absolute atomic E-state index is 0.0615. The highest BCUT2D eigenvalue weighted by Gasteiger charge is 2.36. The average molecular weight is 411 g/mol. The number of benzene rings is 1. The van der Waals surface area contributed by atoms with E-state index in [2.05, 4.69) is 26.0 Å². The van der Waals surface area contributed by atoms with Crippen LogP contribution in [0.5, 0.6) is 0 Å². The summed E-state index contributed by atoms with van der Waals surface area (Å²) in [6, 6.07) is 4.66. The molecule has 25 heavy (non-hydrogen) atoms. The second-order valence-electron chi connectivity index (χ2n) is 5.28. The van der Waals surface area contributed by atoms with Gasteiger partial charge in [-0.25, -0.2) is 0 Å². The van der Waals surface area contributed by atoms with Crippen LogP contribution in [0.2, 0.25) is 0 Å². The van der Waals surface area contributed by atoms with Gasteiger partial charge in [-0.3, -0.25) is 28.9 Å². The first-order chi connectivity index (χ1) is 11.8. The highest BCUT2D eigenvalue weighted by molar-refractivity contribution is 9.10. The van der Waals surface area contributed by atoms with E-state index >= 15 is 0 Å². The molecule has 0 fully saturated rings. The quantitative estimate of drug-likeness (QED) is 0.522. The molecule has 0 saturated carbocycles. The molecule has 8 nitrogen and oxygen atoms in total. The summed E-state index contributed by atoms with van der Waals surface area (Å²) >= 11 is 3.22. The fourth-order valence-corrected chi connectivity index (χ4v) is 2.60. The first-order valence-electron chi connectivity index (χ1n) is 7.34. The van der Waals surface area contributed by atoms with Gasteiger partial charge >= 0.3 is 5.97 Å². The number of fused-ring (bicyclic) bond motifs is 1. The van der Waals surface area contributed by atoms with Crippen molar-refractivity contribution in [3.05, 3.63) is 33.8 Å². The maximum Gasteiger partial charge on any atom is 0.305 e. The van der Waals surface area contributed by atoms with E-state index in [1.165, 1.54) is 19.2 Å². The van der Waals surface area contributed by atoms with Crippen LogP contribution in [0.1, 0.15) is 33.6 Å². The Kier molecular flexibility index (Phi) is 6.02. The zero-order chi connectivity index (χ0) is 18.6. The molecule has 0 aromatic heterocycles. The number of ketones is 1. The smallest absolute Gasteiger partial charge is 0.305 e. The highest BCUT2D eigenvalue weighted by Crippen LogP contribution is 2.25. The number of halogens is 1. The lowest BCUT2D eigenvalue weighted by Crippen LogP contribution is -2.41. The van der Waals surface area contributed by atoms with Gasteiger partial charge in [-0.05, 0) is 18.2 Å². The molecule has 1 aromatic carbocycles. The third-order valence-corrected chi connectivity index (χ3v) is 4.05. The predicted molar refractivity (Wildman–Crippen MR) is 88.8 cm³/mol. The largest absolute Gasteiger partial charge is 0.469 e. The van der Waals surface area contributed by atoms with E-state index < -0.39 is 30.2 Å². The van der Waals surface area contributed by atoms with Crippen molar-refractivity contribution in [1.82, 2.24) is 10.2 Å². The Morgan fingerprint density at radius 2 is 1.80 bits per heavy atom. The molecular formula is C16H15BrN2O6. The van der Waals surface area contributed by atoms with Gasteiger partial charge in [0, 0.05) is 10.9 Å². The molecule has 0 aliphatic carbocycles. The van der Waals surface area contributed by atoms with Crippen molar-refractivity contribution in [3.8, 4) is 0 Å². The van der Waals surface area contributed by atoms with Crippen molar-refractivity contribution in [2.45, 2.75) is 12.8 Å². The van der Waals surface area contributed by atoms with Gasteiger partial charge in [0.25, 0.3) is 11.8 Å². The first kappa shape index (κ1) is 18.8. The summed E-state index contributed by atoms with van der Waals surface area (Å²) in [5.41, 5.74) is 0.455. The standard InChI is InChI=1S/C16H15BrN2O6/c1-25-14(22)5-3-10(20)7-18-13(21)8-19-15(23)11-4-2-9(17)6-12(11)16(19)24/h2,4,6H,3,5,7-8H2,1H3,(H,18,21). The number of rotatable bonds is 7. The molecule has 9 heteroatoms. The molecule has 0 atom stereocenters. The van der Waals surface area contributed by atoms with E-state index in [0.717, 1.165) is 4.90 Å². The molecule has 1 aliphatic heterocycles. The Balaban J connectivity index is 1.87.